The smallest absolute Gasteiger partial charge is 0.415 e. The quantitative estimate of drug-likeness (QED) is 0.0674. The number of rotatable bonds is 19. The second kappa shape index (κ2) is 24.0. The van der Waals surface area contributed by atoms with Crippen molar-refractivity contribution in [3.8, 4) is 0 Å². The molecule has 12 nitrogen and oxygen atoms in total. The lowest BCUT2D eigenvalue weighted by Crippen LogP contribution is -2.45. The van der Waals surface area contributed by atoms with Crippen molar-refractivity contribution in [3.05, 3.63) is 84.9 Å². The van der Waals surface area contributed by atoms with Gasteiger partial charge in [0.2, 0.25) is 0 Å². The van der Waals surface area contributed by atoms with Crippen LogP contribution in [0.2, 0.25) is 0 Å². The molecule has 4 aromatic carbocycles. The summed E-state index contributed by atoms with van der Waals surface area (Å²) in [5.74, 6) is 0. The van der Waals surface area contributed by atoms with Crippen LogP contribution in [0, 0.1) is 0 Å². The maximum Gasteiger partial charge on any atom is 0.415 e. The Morgan fingerprint density at radius 2 is 0.791 bits per heavy atom. The molecule has 0 aliphatic heterocycles. The molecule has 0 fully saturated rings. The highest BCUT2D eigenvalue weighted by atomic mass is 16.6. The first-order valence-electron chi connectivity index (χ1n) is 24.3. The minimum absolute atomic E-state index is 0.293. The van der Waals surface area contributed by atoms with Gasteiger partial charge in [0.05, 0.1) is 11.4 Å². The number of unbranched alkanes of at least 4 members (excludes halogenated alkanes) is 5. The lowest BCUT2D eigenvalue weighted by atomic mass is 10.1. The van der Waals surface area contributed by atoms with E-state index in [1.165, 1.54) is 0 Å². The van der Waals surface area contributed by atoms with Crippen LogP contribution in [0.1, 0.15) is 141 Å². The van der Waals surface area contributed by atoms with Crippen LogP contribution >= 0.6 is 0 Å². The SMILES string of the molecule is CC(CCN(CCCCCCCCN(CCCN(C(=O)OC(C)(C)C)c1cccc2ccccc12)C(=O)OC(C)(C)C)C(=O)OC(C)(C)C)N(C(=O)OC(C)(C)C)c1cccc2ccccc12. The van der Waals surface area contributed by atoms with Crippen molar-refractivity contribution >= 4 is 57.3 Å². The van der Waals surface area contributed by atoms with Crippen LogP contribution < -0.4 is 9.80 Å². The highest BCUT2D eigenvalue weighted by Gasteiger charge is 2.31. The third-order valence-corrected chi connectivity index (χ3v) is 10.8. The van der Waals surface area contributed by atoms with Crippen LogP contribution in [0.5, 0.6) is 0 Å². The molecule has 4 amide bonds. The van der Waals surface area contributed by atoms with Gasteiger partial charge in [-0.3, -0.25) is 9.80 Å². The summed E-state index contributed by atoms with van der Waals surface area (Å²) in [6.45, 7) is 26.6. The van der Waals surface area contributed by atoms with Crippen LogP contribution in [0.25, 0.3) is 21.5 Å². The van der Waals surface area contributed by atoms with E-state index in [4.69, 9.17) is 18.9 Å². The number of anilines is 2. The van der Waals surface area contributed by atoms with Crippen LogP contribution in [-0.4, -0.2) is 95.3 Å². The second-order valence-corrected chi connectivity index (χ2v) is 21.5. The standard InChI is InChI=1S/C55H80N4O8/c1-41(59(51(63)67-55(11,12)13)47-34-25-30-43-28-19-21-32-45(43)47)35-40-57(49(61)65-53(5,6)7)37-23-17-15-14-16-22-36-56(48(60)64-52(2,3)4)38-26-39-58(50(62)66-54(8,9)10)46-33-24-29-42-27-18-20-31-44(42)46/h18-21,24-25,27-34,41H,14-17,22-23,26,35-40H2,1-13H3. The predicted molar refractivity (Wildman–Crippen MR) is 272 cm³/mol. The molecule has 1 atom stereocenters. The number of hydrogen-bond acceptors (Lipinski definition) is 8. The minimum Gasteiger partial charge on any atom is -0.444 e. The molecule has 4 aromatic rings. The summed E-state index contributed by atoms with van der Waals surface area (Å²) in [6, 6.07) is 27.5. The molecular weight excluding hydrogens is 845 g/mol. The highest BCUT2D eigenvalue weighted by Crippen LogP contribution is 2.32. The number of nitrogens with zero attached hydrogens (tertiary/aromatic N) is 4. The zero-order valence-corrected chi connectivity index (χ0v) is 42.9. The molecule has 0 heterocycles. The van der Waals surface area contributed by atoms with Gasteiger partial charge in [0.15, 0.2) is 0 Å². The summed E-state index contributed by atoms with van der Waals surface area (Å²) in [4.78, 5) is 61.4. The molecule has 0 saturated heterocycles. The van der Waals surface area contributed by atoms with E-state index in [0.717, 1.165) is 71.4 Å². The van der Waals surface area contributed by atoms with Crippen molar-refractivity contribution in [2.45, 2.75) is 170 Å². The molecule has 0 aliphatic rings. The first kappa shape index (κ1) is 54.1. The normalized spacial score (nSPS) is 12.6. The van der Waals surface area contributed by atoms with Crippen molar-refractivity contribution in [3.63, 3.8) is 0 Å². The predicted octanol–water partition coefficient (Wildman–Crippen LogP) is 14.2. The Hall–Kier alpha value is -5.52. The minimum atomic E-state index is -0.689. The molecule has 4 rings (SSSR count). The Morgan fingerprint density at radius 3 is 1.28 bits per heavy atom. The lowest BCUT2D eigenvalue weighted by molar-refractivity contribution is 0.0230. The van der Waals surface area contributed by atoms with Gasteiger partial charge in [0.1, 0.15) is 22.4 Å². The zero-order chi connectivity index (χ0) is 49.6. The molecular formula is C55H80N4O8. The van der Waals surface area contributed by atoms with Gasteiger partial charge in [0.25, 0.3) is 0 Å². The molecule has 0 aliphatic carbocycles. The highest BCUT2D eigenvalue weighted by molar-refractivity contribution is 6.03. The molecule has 1 unspecified atom stereocenters. The van der Waals surface area contributed by atoms with Gasteiger partial charge in [-0.15, -0.1) is 0 Å². The maximum atomic E-state index is 13.8. The molecule has 368 valence electrons. The number of carbonyl (C=O) groups is 4. The van der Waals surface area contributed by atoms with Gasteiger partial charge >= 0.3 is 24.4 Å². The van der Waals surface area contributed by atoms with E-state index in [1.54, 1.807) is 19.6 Å². The first-order chi connectivity index (χ1) is 31.3. The van der Waals surface area contributed by atoms with E-state index in [-0.39, 0.29) is 18.2 Å². The van der Waals surface area contributed by atoms with Gasteiger partial charge in [-0.1, -0.05) is 98.5 Å². The van der Waals surface area contributed by atoms with Gasteiger partial charge in [-0.25, -0.2) is 19.2 Å². The van der Waals surface area contributed by atoms with Gasteiger partial charge in [0, 0.05) is 49.5 Å². The van der Waals surface area contributed by atoms with Crippen molar-refractivity contribution in [1.29, 1.82) is 0 Å². The molecule has 0 N–H and O–H groups in total. The average Bonchev–Trinajstić information content (AvgIpc) is 3.21. The number of amides is 4. The number of hydrogen-bond donors (Lipinski definition) is 0. The summed E-state index contributed by atoms with van der Waals surface area (Å²) >= 11 is 0. The molecule has 0 aromatic heterocycles. The van der Waals surface area contributed by atoms with E-state index in [1.807, 2.05) is 175 Å². The topological polar surface area (TPSA) is 118 Å². The molecule has 67 heavy (non-hydrogen) atoms. The fraction of sp³-hybridized carbons (Fsp3) is 0.564. The number of fused-ring (bicyclic) bond motifs is 2. The molecule has 0 saturated carbocycles. The van der Waals surface area contributed by atoms with Crippen LogP contribution in [0.15, 0.2) is 84.9 Å². The van der Waals surface area contributed by atoms with Gasteiger partial charge in [-0.2, -0.15) is 0 Å². The molecule has 0 spiro atoms. The van der Waals surface area contributed by atoms with E-state index in [9.17, 15) is 19.2 Å². The Kier molecular flexibility index (Phi) is 19.4. The van der Waals surface area contributed by atoms with E-state index >= 15 is 0 Å². The monoisotopic (exact) mass is 925 g/mol. The summed E-state index contributed by atoms with van der Waals surface area (Å²) in [7, 11) is 0. The van der Waals surface area contributed by atoms with E-state index in [2.05, 4.69) is 0 Å². The number of carbonyl (C=O) groups excluding carboxylic acids is 4. The van der Waals surface area contributed by atoms with Gasteiger partial charge < -0.3 is 28.7 Å². The molecule has 12 heteroatoms. The van der Waals surface area contributed by atoms with E-state index < -0.39 is 34.6 Å². The Morgan fingerprint density at radius 1 is 0.418 bits per heavy atom. The molecule has 0 radical (unpaired) electrons. The van der Waals surface area contributed by atoms with Gasteiger partial charge in [-0.05, 0) is 139 Å². The van der Waals surface area contributed by atoms with Crippen molar-refractivity contribution in [2.24, 2.45) is 0 Å². The summed E-state index contributed by atoms with van der Waals surface area (Å²) < 4.78 is 23.5. The largest absolute Gasteiger partial charge is 0.444 e. The third-order valence-electron chi connectivity index (χ3n) is 10.8. The maximum absolute atomic E-state index is 13.8. The fourth-order valence-electron chi connectivity index (χ4n) is 7.76. The average molecular weight is 925 g/mol. The Balaban J connectivity index is 1.34. The van der Waals surface area contributed by atoms with Crippen molar-refractivity contribution < 1.29 is 38.1 Å². The van der Waals surface area contributed by atoms with E-state index in [0.29, 0.717) is 45.6 Å². The Labute approximate surface area is 401 Å². The lowest BCUT2D eigenvalue weighted by Gasteiger charge is -2.34. The summed E-state index contributed by atoms with van der Waals surface area (Å²) in [5, 5.41) is 3.94. The second-order valence-electron chi connectivity index (χ2n) is 21.5. The zero-order valence-electron chi connectivity index (χ0n) is 42.9. The molecule has 0 bridgehead atoms. The summed E-state index contributed by atoms with van der Waals surface area (Å²) in [6.07, 6.45) is 4.78. The number of benzene rings is 4. The number of ether oxygens (including phenoxy) is 4. The van der Waals surface area contributed by atoms with Crippen LogP contribution in [0.4, 0.5) is 30.6 Å². The van der Waals surface area contributed by atoms with Crippen LogP contribution in [-0.2, 0) is 18.9 Å². The fourth-order valence-corrected chi connectivity index (χ4v) is 7.76. The van der Waals surface area contributed by atoms with Crippen molar-refractivity contribution in [1.82, 2.24) is 9.80 Å². The van der Waals surface area contributed by atoms with Crippen LogP contribution in [0.3, 0.4) is 0 Å². The first-order valence-corrected chi connectivity index (χ1v) is 24.3. The van der Waals surface area contributed by atoms with Crippen molar-refractivity contribution in [2.75, 3.05) is 42.5 Å². The third kappa shape index (κ3) is 18.2. The Bertz CT molecular complexity index is 2220. The summed E-state index contributed by atoms with van der Waals surface area (Å²) in [5.41, 5.74) is -1.15.